The summed E-state index contributed by atoms with van der Waals surface area (Å²) in [5.74, 6) is -2.36. The minimum Gasteiger partial charge on any atom is -0.396 e. The summed E-state index contributed by atoms with van der Waals surface area (Å²) in [6.07, 6.45) is 2.10. The van der Waals surface area contributed by atoms with Crippen molar-refractivity contribution in [2.24, 2.45) is 11.8 Å². The summed E-state index contributed by atoms with van der Waals surface area (Å²) in [5, 5.41) is 15.6. The fourth-order valence-electron chi connectivity index (χ4n) is 6.42. The van der Waals surface area contributed by atoms with E-state index in [0.717, 1.165) is 5.56 Å². The van der Waals surface area contributed by atoms with Gasteiger partial charge in [-0.1, -0.05) is 54.1 Å². The van der Waals surface area contributed by atoms with E-state index in [9.17, 15) is 19.5 Å². The predicted octanol–water partition coefficient (Wildman–Crippen LogP) is 3.13. The number of rotatable bonds is 9. The molecule has 3 fully saturated rings. The first-order valence-corrected chi connectivity index (χ1v) is 13.2. The number of hydrogen-bond acceptors (Lipinski definition) is 5. The van der Waals surface area contributed by atoms with Gasteiger partial charge in [0.2, 0.25) is 17.7 Å². The smallest absolute Gasteiger partial charge is 0.250 e. The molecule has 3 heterocycles. The lowest BCUT2D eigenvalue weighted by Crippen LogP contribution is -2.53. The molecule has 0 aromatic heterocycles. The van der Waals surface area contributed by atoms with Gasteiger partial charge in [0.05, 0.1) is 28.1 Å². The molecule has 2 aromatic rings. The number of likely N-dealkylation sites (tertiary alicyclic amines) is 1. The largest absolute Gasteiger partial charge is 0.396 e. The van der Waals surface area contributed by atoms with Gasteiger partial charge in [-0.05, 0) is 50.3 Å². The molecule has 3 saturated heterocycles. The molecule has 5 atom stereocenters. The van der Waals surface area contributed by atoms with Crippen LogP contribution in [0.2, 0.25) is 5.02 Å². The number of anilines is 1. The van der Waals surface area contributed by atoms with E-state index in [1.165, 1.54) is 0 Å². The molecule has 3 aliphatic rings. The Hall–Kier alpha value is -2.94. The number of benzene rings is 2. The van der Waals surface area contributed by atoms with E-state index < -0.39 is 29.1 Å². The maximum Gasteiger partial charge on any atom is 0.250 e. The topological polar surface area (TPSA) is 108 Å². The molecule has 2 aromatic carbocycles. The van der Waals surface area contributed by atoms with E-state index in [-0.39, 0.29) is 30.9 Å². The van der Waals surface area contributed by atoms with Crippen molar-refractivity contribution in [3.05, 3.63) is 65.2 Å². The molecule has 3 N–H and O–H groups in total. The lowest BCUT2D eigenvalue weighted by Gasteiger charge is -2.33. The average Bonchev–Trinajstić information content (AvgIpc) is 3.45. The number of carbonyl (C=O) groups is 3. The molecule has 5 rings (SSSR count). The Labute approximate surface area is 221 Å². The summed E-state index contributed by atoms with van der Waals surface area (Å²) in [5.41, 5.74) is -0.542. The molecule has 3 amide bonds. The molecular formula is C28H32ClN3O5. The lowest BCUT2D eigenvalue weighted by molar-refractivity contribution is -0.144. The van der Waals surface area contributed by atoms with Gasteiger partial charge in [-0.25, -0.2) is 0 Å². The number of hydrogen-bond donors (Lipinski definition) is 3. The maximum atomic E-state index is 13.9. The molecule has 0 aliphatic carbocycles. The van der Waals surface area contributed by atoms with Gasteiger partial charge in [0, 0.05) is 19.7 Å². The molecule has 2 unspecified atom stereocenters. The molecule has 0 radical (unpaired) electrons. The third kappa shape index (κ3) is 4.41. The Bertz CT molecular complexity index is 1190. The van der Waals surface area contributed by atoms with Crippen LogP contribution in [0.25, 0.3) is 0 Å². The van der Waals surface area contributed by atoms with E-state index in [1.807, 2.05) is 37.3 Å². The van der Waals surface area contributed by atoms with Crippen LogP contribution < -0.4 is 10.6 Å². The SMILES string of the molecule is C[C@]12CCC3(O1)C(C(=O)Nc1ccccc1Cl)N(CCCCO)C(=O)[C@@H]3[C@H]2C(=O)NCc1ccccc1. The van der Waals surface area contributed by atoms with Crippen molar-refractivity contribution in [2.45, 2.75) is 56.4 Å². The number of fused-ring (bicyclic) bond motifs is 1. The molecule has 37 heavy (non-hydrogen) atoms. The van der Waals surface area contributed by atoms with Crippen molar-refractivity contribution in [1.82, 2.24) is 10.2 Å². The highest BCUT2D eigenvalue weighted by molar-refractivity contribution is 6.33. The average molecular weight is 526 g/mol. The van der Waals surface area contributed by atoms with E-state index in [4.69, 9.17) is 16.3 Å². The quantitative estimate of drug-likeness (QED) is 0.436. The van der Waals surface area contributed by atoms with Crippen molar-refractivity contribution in [2.75, 3.05) is 18.5 Å². The number of para-hydroxylation sites is 1. The van der Waals surface area contributed by atoms with Gasteiger partial charge in [-0.15, -0.1) is 0 Å². The minimum absolute atomic E-state index is 0.00776. The molecule has 196 valence electrons. The third-order valence-corrected chi connectivity index (χ3v) is 8.39. The minimum atomic E-state index is -1.11. The third-order valence-electron chi connectivity index (χ3n) is 8.06. The number of carbonyl (C=O) groups excluding carboxylic acids is 3. The van der Waals surface area contributed by atoms with Crippen molar-refractivity contribution >= 4 is 35.0 Å². The second kappa shape index (κ2) is 10.1. The number of halogens is 1. The molecule has 1 spiro atoms. The Morgan fingerprint density at radius 1 is 1.08 bits per heavy atom. The molecule has 0 saturated carbocycles. The normalized spacial score (nSPS) is 29.9. The summed E-state index contributed by atoms with van der Waals surface area (Å²) in [7, 11) is 0. The number of nitrogens with zero attached hydrogens (tertiary/aromatic N) is 1. The number of unbranched alkanes of at least 4 members (excludes halogenated alkanes) is 1. The summed E-state index contributed by atoms with van der Waals surface area (Å²) in [6.45, 7) is 2.50. The first-order valence-electron chi connectivity index (χ1n) is 12.8. The van der Waals surface area contributed by atoms with Gasteiger partial charge in [-0.3, -0.25) is 14.4 Å². The molecule has 8 nitrogen and oxygen atoms in total. The number of ether oxygens (including phenoxy) is 1. The van der Waals surface area contributed by atoms with Gasteiger partial charge in [0.15, 0.2) is 0 Å². The van der Waals surface area contributed by atoms with Crippen LogP contribution in [0.1, 0.15) is 38.2 Å². The van der Waals surface area contributed by atoms with E-state index in [0.29, 0.717) is 42.9 Å². The Balaban J connectivity index is 1.45. The Morgan fingerprint density at radius 2 is 1.81 bits per heavy atom. The van der Waals surface area contributed by atoms with Crippen LogP contribution in [0.5, 0.6) is 0 Å². The van der Waals surface area contributed by atoms with E-state index in [2.05, 4.69) is 10.6 Å². The van der Waals surface area contributed by atoms with Crippen molar-refractivity contribution in [3.8, 4) is 0 Å². The highest BCUT2D eigenvalue weighted by Crippen LogP contribution is 2.63. The van der Waals surface area contributed by atoms with Crippen LogP contribution in [0, 0.1) is 11.8 Å². The van der Waals surface area contributed by atoms with Crippen LogP contribution in [-0.4, -0.2) is 58.1 Å². The number of aliphatic hydroxyl groups is 1. The molecule has 9 heteroatoms. The van der Waals surface area contributed by atoms with Crippen LogP contribution in [0.3, 0.4) is 0 Å². The van der Waals surface area contributed by atoms with E-state index in [1.54, 1.807) is 29.2 Å². The summed E-state index contributed by atoms with van der Waals surface area (Å²) >= 11 is 6.30. The summed E-state index contributed by atoms with van der Waals surface area (Å²) in [4.78, 5) is 42.8. The van der Waals surface area contributed by atoms with Crippen LogP contribution >= 0.6 is 11.6 Å². The highest BCUT2D eigenvalue weighted by Gasteiger charge is 2.77. The van der Waals surface area contributed by atoms with Gasteiger partial charge in [0.25, 0.3) is 0 Å². The standard InChI is InChI=1S/C28H32ClN3O5/c1-27-13-14-28(37-27)22(21(27)24(34)30-17-18-9-3-2-4-10-18)26(36)32(15-7-8-16-33)23(28)25(35)31-20-12-6-5-11-19(20)29/h2-6,9-12,21-23,33H,7-8,13-17H2,1H3,(H,30,34)(H,31,35)/t21-,22-,23?,27+,28?/m0/s1. The lowest BCUT2D eigenvalue weighted by atomic mass is 9.66. The fourth-order valence-corrected chi connectivity index (χ4v) is 6.60. The predicted molar refractivity (Wildman–Crippen MR) is 139 cm³/mol. The van der Waals surface area contributed by atoms with Crippen LogP contribution in [-0.2, 0) is 25.7 Å². The highest BCUT2D eigenvalue weighted by atomic mass is 35.5. The Morgan fingerprint density at radius 3 is 2.54 bits per heavy atom. The maximum absolute atomic E-state index is 13.9. The first kappa shape index (κ1) is 25.7. The van der Waals surface area contributed by atoms with Crippen molar-refractivity contribution in [3.63, 3.8) is 0 Å². The number of aliphatic hydroxyl groups excluding tert-OH is 1. The molecule has 3 aliphatic heterocycles. The van der Waals surface area contributed by atoms with Crippen LogP contribution in [0.15, 0.2) is 54.6 Å². The second-order valence-electron chi connectivity index (χ2n) is 10.4. The van der Waals surface area contributed by atoms with Gasteiger partial charge < -0.3 is 25.4 Å². The molecular weight excluding hydrogens is 494 g/mol. The van der Waals surface area contributed by atoms with E-state index >= 15 is 0 Å². The zero-order valence-electron chi connectivity index (χ0n) is 20.8. The van der Waals surface area contributed by atoms with Crippen LogP contribution in [0.4, 0.5) is 5.69 Å². The number of amides is 3. The zero-order valence-corrected chi connectivity index (χ0v) is 21.5. The number of nitrogens with one attached hydrogen (secondary N) is 2. The van der Waals surface area contributed by atoms with Crippen molar-refractivity contribution in [1.29, 1.82) is 0 Å². The fraction of sp³-hybridized carbons (Fsp3) is 0.464. The summed E-state index contributed by atoms with van der Waals surface area (Å²) < 4.78 is 6.60. The zero-order chi connectivity index (χ0) is 26.2. The van der Waals surface area contributed by atoms with Gasteiger partial charge in [0.1, 0.15) is 11.6 Å². The van der Waals surface area contributed by atoms with Gasteiger partial charge in [-0.2, -0.15) is 0 Å². The monoisotopic (exact) mass is 525 g/mol. The summed E-state index contributed by atoms with van der Waals surface area (Å²) in [6, 6.07) is 15.6. The van der Waals surface area contributed by atoms with Gasteiger partial charge >= 0.3 is 0 Å². The first-order chi connectivity index (χ1) is 17.8. The van der Waals surface area contributed by atoms with Crippen molar-refractivity contribution < 1.29 is 24.2 Å². The molecule has 2 bridgehead atoms. The Kier molecular flexibility index (Phi) is 7.00. The second-order valence-corrected chi connectivity index (χ2v) is 10.8.